The van der Waals surface area contributed by atoms with Crippen LogP contribution in [0.25, 0.3) is 0 Å². The molecule has 1 fully saturated rings. The van der Waals surface area contributed by atoms with Gasteiger partial charge in [0, 0.05) is 17.3 Å². The highest BCUT2D eigenvalue weighted by Crippen LogP contribution is 2.30. The smallest absolute Gasteiger partial charge is 0.289 e. The quantitative estimate of drug-likeness (QED) is 0.843. The molecule has 3 heterocycles. The number of amides is 1. The first-order valence-corrected chi connectivity index (χ1v) is 8.66. The van der Waals surface area contributed by atoms with Gasteiger partial charge in [-0.2, -0.15) is 0 Å². The molecule has 1 aliphatic heterocycles. The summed E-state index contributed by atoms with van der Waals surface area (Å²) in [5.74, 6) is 1.05. The maximum Gasteiger partial charge on any atom is 0.289 e. The van der Waals surface area contributed by atoms with Gasteiger partial charge in [-0.25, -0.2) is 4.98 Å². The lowest BCUT2D eigenvalue weighted by Gasteiger charge is -2.31. The van der Waals surface area contributed by atoms with Crippen molar-refractivity contribution >= 4 is 17.2 Å². The zero-order valence-corrected chi connectivity index (χ0v) is 14.8. The van der Waals surface area contributed by atoms with E-state index >= 15 is 0 Å². The van der Waals surface area contributed by atoms with E-state index < -0.39 is 0 Å². The molecule has 3 rings (SSSR count). The first-order valence-electron chi connectivity index (χ1n) is 7.78. The number of hydrogen-bond acceptors (Lipinski definition) is 5. The molecule has 6 heteroatoms. The molecule has 0 spiro atoms. The fourth-order valence-electron chi connectivity index (χ4n) is 2.47. The zero-order valence-electron chi connectivity index (χ0n) is 14.0. The molecule has 2 aromatic heterocycles. The summed E-state index contributed by atoms with van der Waals surface area (Å²) >= 11 is 1.60. The molecule has 124 valence electrons. The van der Waals surface area contributed by atoms with Crippen molar-refractivity contribution in [2.45, 2.75) is 39.2 Å². The van der Waals surface area contributed by atoms with Crippen molar-refractivity contribution in [3.05, 3.63) is 39.7 Å². The molecule has 1 unspecified atom stereocenters. The summed E-state index contributed by atoms with van der Waals surface area (Å²) in [4.78, 5) is 19.0. The average molecular weight is 334 g/mol. The van der Waals surface area contributed by atoms with Crippen LogP contribution in [-0.2, 0) is 10.2 Å². The first-order chi connectivity index (χ1) is 10.8. The van der Waals surface area contributed by atoms with Crippen LogP contribution in [0.4, 0.5) is 0 Å². The highest BCUT2D eigenvalue weighted by molar-refractivity contribution is 7.09. The average Bonchev–Trinajstić information content (AvgIpc) is 3.15. The fraction of sp³-hybridized carbons (Fsp3) is 0.529. The van der Waals surface area contributed by atoms with E-state index in [4.69, 9.17) is 14.1 Å². The Morgan fingerprint density at radius 3 is 2.78 bits per heavy atom. The van der Waals surface area contributed by atoms with E-state index in [0.717, 1.165) is 16.5 Å². The molecule has 0 saturated carbocycles. The Morgan fingerprint density at radius 1 is 1.39 bits per heavy atom. The lowest BCUT2D eigenvalue weighted by molar-refractivity contribution is -0.0239. The molecule has 1 saturated heterocycles. The summed E-state index contributed by atoms with van der Waals surface area (Å²) in [6.45, 7) is 9.86. The lowest BCUT2D eigenvalue weighted by atomic mass is 9.93. The summed E-state index contributed by atoms with van der Waals surface area (Å²) in [6.07, 6.45) is -0.162. The second kappa shape index (κ2) is 6.09. The Hall–Kier alpha value is -1.66. The van der Waals surface area contributed by atoms with Gasteiger partial charge >= 0.3 is 0 Å². The van der Waals surface area contributed by atoms with E-state index in [2.05, 4.69) is 26.2 Å². The standard InChI is InChI=1S/C17H22N2O3S/c1-11-5-6-12(22-11)16(20)19-7-8-21-13(9-19)15-18-14(10-23-15)17(2,3)4/h5-6,10,13H,7-9H2,1-4H3. The van der Waals surface area contributed by atoms with E-state index in [0.29, 0.717) is 25.5 Å². The van der Waals surface area contributed by atoms with Crippen molar-refractivity contribution in [2.75, 3.05) is 19.7 Å². The van der Waals surface area contributed by atoms with Crippen LogP contribution in [0.1, 0.15) is 53.9 Å². The SMILES string of the molecule is Cc1ccc(C(=O)N2CCOC(c3nc(C(C)(C)C)cs3)C2)o1. The predicted molar refractivity (Wildman–Crippen MR) is 88.9 cm³/mol. The Labute approximate surface area is 140 Å². The van der Waals surface area contributed by atoms with Crippen molar-refractivity contribution in [3.8, 4) is 0 Å². The van der Waals surface area contributed by atoms with Crippen LogP contribution in [-0.4, -0.2) is 35.5 Å². The van der Waals surface area contributed by atoms with Crippen molar-refractivity contribution < 1.29 is 13.9 Å². The van der Waals surface area contributed by atoms with E-state index in [9.17, 15) is 4.79 Å². The van der Waals surface area contributed by atoms with Crippen molar-refractivity contribution in [1.82, 2.24) is 9.88 Å². The molecule has 2 aromatic rings. The van der Waals surface area contributed by atoms with Crippen LogP contribution in [0.5, 0.6) is 0 Å². The number of carbonyl (C=O) groups excluding carboxylic acids is 1. The molecular weight excluding hydrogens is 312 g/mol. The minimum atomic E-state index is -0.162. The first kappa shape index (κ1) is 16.2. The zero-order chi connectivity index (χ0) is 16.6. The van der Waals surface area contributed by atoms with Gasteiger partial charge in [0.05, 0.1) is 18.8 Å². The minimum Gasteiger partial charge on any atom is -0.456 e. The van der Waals surface area contributed by atoms with E-state index in [-0.39, 0.29) is 17.4 Å². The molecule has 0 bridgehead atoms. The van der Waals surface area contributed by atoms with Gasteiger partial charge < -0.3 is 14.1 Å². The van der Waals surface area contributed by atoms with Gasteiger partial charge in [-0.05, 0) is 19.1 Å². The molecule has 0 aliphatic carbocycles. The molecule has 1 amide bonds. The van der Waals surface area contributed by atoms with Gasteiger partial charge in [0.25, 0.3) is 5.91 Å². The van der Waals surface area contributed by atoms with Crippen molar-refractivity contribution in [2.24, 2.45) is 0 Å². The highest BCUT2D eigenvalue weighted by atomic mass is 32.1. The highest BCUT2D eigenvalue weighted by Gasteiger charge is 2.30. The Morgan fingerprint density at radius 2 is 2.17 bits per heavy atom. The van der Waals surface area contributed by atoms with E-state index in [1.54, 1.807) is 22.3 Å². The Kier molecular flexibility index (Phi) is 4.29. The summed E-state index contributed by atoms with van der Waals surface area (Å²) < 4.78 is 11.3. The van der Waals surface area contributed by atoms with Crippen molar-refractivity contribution in [3.63, 3.8) is 0 Å². The monoisotopic (exact) mass is 334 g/mol. The largest absolute Gasteiger partial charge is 0.456 e. The number of ether oxygens (including phenoxy) is 1. The number of thiazole rings is 1. The van der Waals surface area contributed by atoms with Gasteiger partial charge in [0.15, 0.2) is 5.76 Å². The summed E-state index contributed by atoms with van der Waals surface area (Å²) in [5.41, 5.74) is 1.08. The predicted octanol–water partition coefficient (Wildman–Crippen LogP) is 3.56. The molecule has 5 nitrogen and oxygen atoms in total. The number of furan rings is 1. The second-order valence-electron chi connectivity index (χ2n) is 6.84. The van der Waals surface area contributed by atoms with Crippen LogP contribution >= 0.6 is 11.3 Å². The van der Waals surface area contributed by atoms with Crippen LogP contribution < -0.4 is 0 Å². The number of nitrogens with zero attached hydrogens (tertiary/aromatic N) is 2. The topological polar surface area (TPSA) is 55.6 Å². The van der Waals surface area contributed by atoms with Gasteiger partial charge in [-0.15, -0.1) is 11.3 Å². The third-order valence-electron chi connectivity index (χ3n) is 3.87. The molecular formula is C17H22N2O3S. The molecule has 1 atom stereocenters. The number of carbonyl (C=O) groups is 1. The van der Waals surface area contributed by atoms with Crippen LogP contribution in [0.3, 0.4) is 0 Å². The number of aryl methyl sites for hydroxylation is 1. The van der Waals surface area contributed by atoms with Crippen LogP contribution in [0.15, 0.2) is 21.9 Å². The summed E-state index contributed by atoms with van der Waals surface area (Å²) in [6, 6.07) is 3.53. The lowest BCUT2D eigenvalue weighted by Crippen LogP contribution is -2.42. The summed E-state index contributed by atoms with van der Waals surface area (Å²) in [5, 5.41) is 3.01. The van der Waals surface area contributed by atoms with E-state index in [1.165, 1.54) is 0 Å². The Balaban J connectivity index is 1.73. The van der Waals surface area contributed by atoms with Crippen LogP contribution in [0.2, 0.25) is 0 Å². The number of morpholine rings is 1. The van der Waals surface area contributed by atoms with E-state index in [1.807, 2.05) is 13.0 Å². The second-order valence-corrected chi connectivity index (χ2v) is 7.73. The third-order valence-corrected chi connectivity index (χ3v) is 4.81. The third kappa shape index (κ3) is 3.48. The molecule has 1 aliphatic rings. The maximum absolute atomic E-state index is 12.5. The fourth-order valence-corrected chi connectivity index (χ4v) is 3.55. The number of aromatic nitrogens is 1. The number of hydrogen-bond donors (Lipinski definition) is 0. The molecule has 0 N–H and O–H groups in total. The van der Waals surface area contributed by atoms with Gasteiger partial charge in [-0.1, -0.05) is 20.8 Å². The van der Waals surface area contributed by atoms with Gasteiger partial charge in [0.1, 0.15) is 16.9 Å². The summed E-state index contributed by atoms with van der Waals surface area (Å²) in [7, 11) is 0. The van der Waals surface area contributed by atoms with Gasteiger partial charge in [0.2, 0.25) is 0 Å². The van der Waals surface area contributed by atoms with Gasteiger partial charge in [-0.3, -0.25) is 4.79 Å². The minimum absolute atomic E-state index is 0.0185. The molecule has 0 radical (unpaired) electrons. The Bertz CT molecular complexity index is 699. The molecule has 23 heavy (non-hydrogen) atoms. The van der Waals surface area contributed by atoms with Crippen LogP contribution in [0, 0.1) is 6.92 Å². The number of rotatable bonds is 2. The molecule has 0 aromatic carbocycles. The van der Waals surface area contributed by atoms with Crippen molar-refractivity contribution in [1.29, 1.82) is 0 Å². The normalized spacial score (nSPS) is 19.1. The maximum atomic E-state index is 12.5.